The van der Waals surface area contributed by atoms with Gasteiger partial charge in [0.2, 0.25) is 0 Å². The van der Waals surface area contributed by atoms with Gasteiger partial charge in [-0.2, -0.15) is 0 Å². The Morgan fingerprint density at radius 3 is 2.43 bits per heavy atom. The molecule has 1 aliphatic heterocycles. The molecule has 1 aliphatic carbocycles. The van der Waals surface area contributed by atoms with Crippen LogP contribution in [-0.2, 0) is 4.79 Å². The van der Waals surface area contributed by atoms with E-state index < -0.39 is 0 Å². The van der Waals surface area contributed by atoms with E-state index in [4.69, 9.17) is 0 Å². The van der Waals surface area contributed by atoms with Gasteiger partial charge >= 0.3 is 6.03 Å². The van der Waals surface area contributed by atoms with Gasteiger partial charge in [-0.15, -0.1) is 0 Å². The second kappa shape index (κ2) is 4.72. The number of Topliss-reactive ketones (excluding diaryl/α,β-unsaturated/α-hetero) is 1. The van der Waals surface area contributed by atoms with Crippen LogP contribution in [0.2, 0.25) is 0 Å². The molecule has 1 heterocycles. The lowest BCUT2D eigenvalue weighted by Crippen LogP contribution is -2.48. The Kier molecular flexibility index (Phi) is 3.12. The van der Waals surface area contributed by atoms with E-state index in [1.165, 1.54) is 0 Å². The number of urea groups is 1. The molecule has 0 spiro atoms. The van der Waals surface area contributed by atoms with E-state index in [2.05, 4.69) is 24.5 Å². The van der Waals surface area contributed by atoms with Crippen LogP contribution in [0.4, 0.5) is 4.79 Å². The van der Waals surface area contributed by atoms with Crippen LogP contribution >= 0.6 is 0 Å². The van der Waals surface area contributed by atoms with Crippen LogP contribution in [0.25, 0.3) is 0 Å². The summed E-state index contributed by atoms with van der Waals surface area (Å²) in [7, 11) is 0. The van der Waals surface area contributed by atoms with Crippen LogP contribution < -0.4 is 10.6 Å². The molecule has 0 saturated carbocycles. The summed E-state index contributed by atoms with van der Waals surface area (Å²) in [6.45, 7) is 6.14. The number of carbonyl (C=O) groups is 2. The van der Waals surface area contributed by atoms with Gasteiger partial charge in [0.05, 0.1) is 6.04 Å². The van der Waals surface area contributed by atoms with Gasteiger partial charge in [0.1, 0.15) is 0 Å². The Labute approximate surface area is 124 Å². The monoisotopic (exact) mass is 284 g/mol. The maximum atomic E-state index is 12.6. The summed E-state index contributed by atoms with van der Waals surface area (Å²) in [6, 6.07) is 7.39. The van der Waals surface area contributed by atoms with Crippen molar-refractivity contribution in [3.8, 4) is 0 Å². The Hall–Kier alpha value is -2.10. The summed E-state index contributed by atoms with van der Waals surface area (Å²) < 4.78 is 0. The quantitative estimate of drug-likeness (QED) is 0.833. The number of ketones is 1. The van der Waals surface area contributed by atoms with E-state index in [0.29, 0.717) is 6.42 Å². The van der Waals surface area contributed by atoms with Crippen LogP contribution in [-0.4, -0.2) is 11.8 Å². The fourth-order valence-corrected chi connectivity index (χ4v) is 3.17. The molecule has 110 valence electrons. The average molecular weight is 284 g/mol. The van der Waals surface area contributed by atoms with Crippen LogP contribution in [0.15, 0.2) is 35.5 Å². The first-order valence-electron chi connectivity index (χ1n) is 7.26. The molecule has 1 aromatic rings. The first kappa shape index (κ1) is 13.9. The lowest BCUT2D eigenvalue weighted by molar-refractivity contribution is -0.118. The molecule has 0 aromatic heterocycles. The molecule has 0 unspecified atom stereocenters. The molecule has 1 atom stereocenters. The third kappa shape index (κ3) is 2.58. The minimum Gasteiger partial charge on any atom is -0.327 e. The fourth-order valence-electron chi connectivity index (χ4n) is 3.17. The number of nitrogens with one attached hydrogen (secondary N) is 2. The number of rotatable bonds is 1. The van der Waals surface area contributed by atoms with Crippen LogP contribution in [0.3, 0.4) is 0 Å². The van der Waals surface area contributed by atoms with Crippen LogP contribution in [0.1, 0.15) is 43.9 Å². The summed E-state index contributed by atoms with van der Waals surface area (Å²) >= 11 is 0. The van der Waals surface area contributed by atoms with Gasteiger partial charge in [-0.05, 0) is 24.3 Å². The standard InChI is InChI=1S/C17H20N2O2/c1-10-4-6-11(7-5-10)15-14-12(18-16(21)19-15)8-17(2,3)9-13(14)20/h4-7,15H,8-9H2,1-3H3,(H2,18,19,21)/t15-/m1/s1. The van der Waals surface area contributed by atoms with Crippen molar-refractivity contribution in [3.63, 3.8) is 0 Å². The average Bonchev–Trinajstić information content (AvgIpc) is 2.36. The molecule has 0 fully saturated rings. The van der Waals surface area contributed by atoms with E-state index in [9.17, 15) is 9.59 Å². The zero-order chi connectivity index (χ0) is 15.2. The first-order chi connectivity index (χ1) is 9.85. The van der Waals surface area contributed by atoms with E-state index in [1.807, 2.05) is 31.2 Å². The van der Waals surface area contributed by atoms with Gasteiger partial charge in [0, 0.05) is 17.7 Å². The molecule has 4 nitrogen and oxygen atoms in total. The summed E-state index contributed by atoms with van der Waals surface area (Å²) in [5.74, 6) is 0.124. The van der Waals surface area contributed by atoms with Gasteiger partial charge in [0.25, 0.3) is 0 Å². The van der Waals surface area contributed by atoms with E-state index in [0.717, 1.165) is 28.8 Å². The number of benzene rings is 1. The molecule has 4 heteroatoms. The Morgan fingerprint density at radius 1 is 1.10 bits per heavy atom. The van der Waals surface area contributed by atoms with Crippen molar-refractivity contribution < 1.29 is 9.59 Å². The van der Waals surface area contributed by atoms with Crippen molar-refractivity contribution in [2.75, 3.05) is 0 Å². The third-order valence-corrected chi connectivity index (χ3v) is 4.16. The van der Waals surface area contributed by atoms with Crippen molar-refractivity contribution in [3.05, 3.63) is 46.7 Å². The summed E-state index contributed by atoms with van der Waals surface area (Å²) in [4.78, 5) is 24.5. The van der Waals surface area contributed by atoms with Crippen LogP contribution in [0, 0.1) is 12.3 Å². The topological polar surface area (TPSA) is 58.2 Å². The largest absolute Gasteiger partial charge is 0.327 e. The second-order valence-electron chi connectivity index (χ2n) is 6.78. The predicted molar refractivity (Wildman–Crippen MR) is 80.6 cm³/mol. The van der Waals surface area contributed by atoms with E-state index in [-0.39, 0.29) is 23.3 Å². The Balaban J connectivity index is 2.06. The summed E-state index contributed by atoms with van der Waals surface area (Å²) in [5, 5.41) is 5.70. The minimum atomic E-state index is -0.335. The molecular formula is C17H20N2O2. The molecule has 2 aliphatic rings. The maximum absolute atomic E-state index is 12.6. The number of carbonyl (C=O) groups excluding carboxylic acids is 2. The fraction of sp³-hybridized carbons (Fsp3) is 0.412. The molecule has 21 heavy (non-hydrogen) atoms. The molecule has 2 N–H and O–H groups in total. The number of amides is 2. The van der Waals surface area contributed by atoms with Gasteiger partial charge in [-0.3, -0.25) is 4.79 Å². The minimum absolute atomic E-state index is 0.0988. The Morgan fingerprint density at radius 2 is 1.76 bits per heavy atom. The third-order valence-electron chi connectivity index (χ3n) is 4.16. The zero-order valence-electron chi connectivity index (χ0n) is 12.6. The van der Waals surface area contributed by atoms with E-state index >= 15 is 0 Å². The molecule has 0 radical (unpaired) electrons. The highest BCUT2D eigenvalue weighted by Crippen LogP contribution is 2.41. The van der Waals surface area contributed by atoms with Crippen LogP contribution in [0.5, 0.6) is 0 Å². The van der Waals surface area contributed by atoms with Crippen molar-refractivity contribution in [1.29, 1.82) is 0 Å². The van der Waals surface area contributed by atoms with Gasteiger partial charge in [-0.25, -0.2) is 4.79 Å². The lowest BCUT2D eigenvalue weighted by Gasteiger charge is -2.38. The van der Waals surface area contributed by atoms with Crippen molar-refractivity contribution in [2.24, 2.45) is 5.41 Å². The smallest absolute Gasteiger partial charge is 0.319 e. The summed E-state index contributed by atoms with van der Waals surface area (Å²) in [6.07, 6.45) is 1.25. The number of hydrogen-bond acceptors (Lipinski definition) is 2. The summed E-state index contributed by atoms with van der Waals surface area (Å²) in [5.41, 5.74) is 3.52. The molecule has 1 aromatic carbocycles. The number of hydrogen-bond donors (Lipinski definition) is 2. The molecular weight excluding hydrogens is 264 g/mol. The molecule has 0 saturated heterocycles. The highest BCUT2D eigenvalue weighted by molar-refractivity contribution is 6.01. The second-order valence-corrected chi connectivity index (χ2v) is 6.78. The van der Waals surface area contributed by atoms with Gasteiger partial charge in [0.15, 0.2) is 5.78 Å². The van der Waals surface area contributed by atoms with Crippen molar-refractivity contribution in [2.45, 2.75) is 39.7 Å². The lowest BCUT2D eigenvalue weighted by atomic mass is 9.73. The number of aryl methyl sites for hydroxylation is 1. The first-order valence-corrected chi connectivity index (χ1v) is 7.26. The molecule has 3 rings (SSSR count). The maximum Gasteiger partial charge on any atom is 0.319 e. The predicted octanol–water partition coefficient (Wildman–Crippen LogP) is 2.99. The van der Waals surface area contributed by atoms with Crippen molar-refractivity contribution in [1.82, 2.24) is 10.6 Å². The van der Waals surface area contributed by atoms with Gasteiger partial charge in [-0.1, -0.05) is 43.7 Å². The van der Waals surface area contributed by atoms with Crippen molar-refractivity contribution >= 4 is 11.8 Å². The SMILES string of the molecule is Cc1ccc([C@H]2NC(=O)NC3=C2C(=O)CC(C)(C)C3)cc1. The van der Waals surface area contributed by atoms with Gasteiger partial charge < -0.3 is 10.6 Å². The molecule has 0 bridgehead atoms. The zero-order valence-corrected chi connectivity index (χ0v) is 12.6. The van der Waals surface area contributed by atoms with E-state index in [1.54, 1.807) is 0 Å². The number of allylic oxidation sites excluding steroid dienone is 1. The highest BCUT2D eigenvalue weighted by Gasteiger charge is 2.40. The molecule has 2 amide bonds. The normalized spacial score (nSPS) is 24.2. The Bertz CT molecular complexity index is 641. The highest BCUT2D eigenvalue weighted by atomic mass is 16.2.